The van der Waals surface area contributed by atoms with E-state index in [-0.39, 0.29) is 5.69 Å². The van der Waals surface area contributed by atoms with Gasteiger partial charge in [0.15, 0.2) is 6.10 Å². The fourth-order valence-corrected chi connectivity index (χ4v) is 2.84. The average Bonchev–Trinajstić information content (AvgIpc) is 2.65. The summed E-state index contributed by atoms with van der Waals surface area (Å²) in [5, 5.41) is 13.4. The van der Waals surface area contributed by atoms with Crippen molar-refractivity contribution in [3.63, 3.8) is 0 Å². The molecule has 0 saturated heterocycles. The van der Waals surface area contributed by atoms with Crippen LogP contribution in [0.15, 0.2) is 48.5 Å². The Morgan fingerprint density at radius 3 is 2.43 bits per heavy atom. The predicted molar refractivity (Wildman–Crippen MR) is 106 cm³/mol. The number of nitrogens with one attached hydrogen (secondary N) is 1. The Morgan fingerprint density at radius 1 is 1.25 bits per heavy atom. The molecule has 0 heterocycles. The smallest absolute Gasteiger partial charge is 0.271 e. The molecule has 150 valence electrons. The van der Waals surface area contributed by atoms with Gasteiger partial charge in [-0.2, -0.15) is 0 Å². The van der Waals surface area contributed by atoms with Gasteiger partial charge in [-0.3, -0.25) is 19.2 Å². The Morgan fingerprint density at radius 2 is 1.89 bits per heavy atom. The van der Waals surface area contributed by atoms with Crippen molar-refractivity contribution in [2.24, 2.45) is 0 Å². The number of carbonyl (C=O) groups is 1. The molecule has 0 unspecified atom stereocenters. The van der Waals surface area contributed by atoms with E-state index >= 15 is 0 Å². The number of nitro groups is 1. The Labute approximate surface area is 163 Å². The minimum absolute atomic E-state index is 0.127. The van der Waals surface area contributed by atoms with Crippen LogP contribution < -0.4 is 14.4 Å². The normalized spacial score (nSPS) is 12.1. The summed E-state index contributed by atoms with van der Waals surface area (Å²) in [6.07, 6.45) is 0.645. The van der Waals surface area contributed by atoms with Crippen molar-refractivity contribution in [2.75, 3.05) is 22.9 Å². The first kappa shape index (κ1) is 21.2. The predicted octanol–water partition coefficient (Wildman–Crippen LogP) is 2.79. The fraction of sp³-hybridized carbons (Fsp3) is 0.278. The first-order valence-corrected chi connectivity index (χ1v) is 10.2. The molecule has 2 aromatic carbocycles. The molecule has 0 aliphatic rings. The second kappa shape index (κ2) is 8.70. The molecule has 28 heavy (non-hydrogen) atoms. The number of rotatable bonds is 8. The van der Waals surface area contributed by atoms with Crippen LogP contribution in [0.1, 0.15) is 13.3 Å². The quantitative estimate of drug-likeness (QED) is 0.531. The van der Waals surface area contributed by atoms with Gasteiger partial charge in [0.2, 0.25) is 10.0 Å². The lowest BCUT2D eigenvalue weighted by molar-refractivity contribution is -0.384. The van der Waals surface area contributed by atoms with Gasteiger partial charge in [-0.05, 0) is 36.8 Å². The monoisotopic (exact) mass is 407 g/mol. The number of amides is 1. The van der Waals surface area contributed by atoms with Gasteiger partial charge in [0.1, 0.15) is 5.75 Å². The summed E-state index contributed by atoms with van der Waals surface area (Å²) in [6, 6.07) is 11.9. The zero-order valence-electron chi connectivity index (χ0n) is 15.7. The number of hydrogen-bond donors (Lipinski definition) is 1. The molecule has 0 saturated carbocycles. The molecule has 0 aliphatic carbocycles. The molecule has 0 fully saturated rings. The Bertz CT molecular complexity index is 960. The number of nitrogens with zero attached hydrogens (tertiary/aromatic N) is 2. The molecule has 2 rings (SSSR count). The van der Waals surface area contributed by atoms with Gasteiger partial charge in [0, 0.05) is 24.9 Å². The van der Waals surface area contributed by atoms with Crippen molar-refractivity contribution >= 4 is 33.0 Å². The summed E-state index contributed by atoms with van der Waals surface area (Å²) in [7, 11) is -1.94. The van der Waals surface area contributed by atoms with Crippen LogP contribution in [-0.4, -0.2) is 38.7 Å². The molecule has 0 bridgehead atoms. The van der Waals surface area contributed by atoms with E-state index in [9.17, 15) is 23.3 Å². The van der Waals surface area contributed by atoms with E-state index in [1.807, 2.05) is 0 Å². The molecule has 0 radical (unpaired) electrons. The molecule has 0 aromatic heterocycles. The van der Waals surface area contributed by atoms with E-state index in [0.29, 0.717) is 23.5 Å². The number of carbonyl (C=O) groups excluding carboxylic acids is 1. The van der Waals surface area contributed by atoms with Crippen LogP contribution in [0.4, 0.5) is 17.1 Å². The van der Waals surface area contributed by atoms with Gasteiger partial charge in [-0.15, -0.1) is 0 Å². The third-order valence-electron chi connectivity index (χ3n) is 3.96. The van der Waals surface area contributed by atoms with Gasteiger partial charge in [-0.1, -0.05) is 13.0 Å². The lowest BCUT2D eigenvalue weighted by atomic mass is 10.2. The highest BCUT2D eigenvalue weighted by Gasteiger charge is 2.20. The number of non-ortho nitro benzene ring substituents is 1. The lowest BCUT2D eigenvalue weighted by Crippen LogP contribution is -2.32. The molecule has 1 atom stereocenters. The van der Waals surface area contributed by atoms with Crippen molar-refractivity contribution in [3.05, 3.63) is 58.6 Å². The third-order valence-corrected chi connectivity index (χ3v) is 5.17. The van der Waals surface area contributed by atoms with Crippen LogP contribution in [0.25, 0.3) is 0 Å². The van der Waals surface area contributed by atoms with E-state index in [4.69, 9.17) is 4.74 Å². The molecular formula is C18H21N3O6S. The standard InChI is InChI=1S/C18H21N3O6S/c1-4-17(18(22)19-13-6-5-7-15(12-13)21(23)24)27-16-10-8-14(9-11-16)20(2)28(3,25)26/h5-12,17H,4H2,1-3H3,(H,19,22)/t17-/m1/s1. The maximum absolute atomic E-state index is 12.4. The maximum atomic E-state index is 12.4. The third kappa shape index (κ3) is 5.43. The molecular weight excluding hydrogens is 386 g/mol. The molecule has 1 N–H and O–H groups in total. The molecule has 0 aliphatic heterocycles. The van der Waals surface area contributed by atoms with E-state index in [2.05, 4.69) is 5.32 Å². The van der Waals surface area contributed by atoms with Crippen molar-refractivity contribution in [2.45, 2.75) is 19.4 Å². The van der Waals surface area contributed by atoms with Crippen molar-refractivity contribution in [1.29, 1.82) is 0 Å². The zero-order chi connectivity index (χ0) is 20.9. The van der Waals surface area contributed by atoms with Crippen LogP contribution in [0.5, 0.6) is 5.75 Å². The summed E-state index contributed by atoms with van der Waals surface area (Å²) in [6.45, 7) is 1.77. The van der Waals surface area contributed by atoms with Crippen molar-refractivity contribution in [1.82, 2.24) is 0 Å². The fourth-order valence-electron chi connectivity index (χ4n) is 2.33. The molecule has 2 aromatic rings. The summed E-state index contributed by atoms with van der Waals surface area (Å²) < 4.78 is 29.9. The van der Waals surface area contributed by atoms with Gasteiger partial charge in [0.25, 0.3) is 11.6 Å². The van der Waals surface area contributed by atoms with E-state index < -0.39 is 27.0 Å². The molecule has 0 spiro atoms. The number of sulfonamides is 1. The van der Waals surface area contributed by atoms with E-state index in [1.54, 1.807) is 37.3 Å². The summed E-state index contributed by atoms with van der Waals surface area (Å²) in [5.74, 6) is -0.0491. The SMILES string of the molecule is CC[C@@H](Oc1ccc(N(C)S(C)(=O)=O)cc1)C(=O)Nc1cccc([N+](=O)[O-])c1. The second-order valence-corrected chi connectivity index (χ2v) is 8.05. The summed E-state index contributed by atoms with van der Waals surface area (Å²) >= 11 is 0. The molecule has 10 heteroatoms. The Kier molecular flexibility index (Phi) is 6.57. The number of hydrogen-bond acceptors (Lipinski definition) is 6. The number of nitro benzene ring substituents is 1. The van der Waals surface area contributed by atoms with Crippen LogP contribution in [0.3, 0.4) is 0 Å². The summed E-state index contributed by atoms with van der Waals surface area (Å²) in [4.78, 5) is 22.7. The van der Waals surface area contributed by atoms with Crippen LogP contribution >= 0.6 is 0 Å². The van der Waals surface area contributed by atoms with Crippen molar-refractivity contribution < 1.29 is 22.9 Å². The van der Waals surface area contributed by atoms with E-state index in [1.165, 1.54) is 25.2 Å². The van der Waals surface area contributed by atoms with Crippen LogP contribution in [0.2, 0.25) is 0 Å². The van der Waals surface area contributed by atoms with E-state index in [0.717, 1.165) is 10.6 Å². The first-order chi connectivity index (χ1) is 13.1. The minimum Gasteiger partial charge on any atom is -0.481 e. The largest absolute Gasteiger partial charge is 0.481 e. The van der Waals surface area contributed by atoms with Gasteiger partial charge < -0.3 is 10.1 Å². The highest BCUT2D eigenvalue weighted by Crippen LogP contribution is 2.22. The van der Waals surface area contributed by atoms with Crippen LogP contribution in [0, 0.1) is 10.1 Å². The van der Waals surface area contributed by atoms with Crippen molar-refractivity contribution in [3.8, 4) is 5.75 Å². The highest BCUT2D eigenvalue weighted by atomic mass is 32.2. The average molecular weight is 407 g/mol. The van der Waals surface area contributed by atoms with Gasteiger partial charge in [0.05, 0.1) is 16.9 Å². The zero-order valence-corrected chi connectivity index (χ0v) is 16.5. The van der Waals surface area contributed by atoms with Gasteiger partial charge in [-0.25, -0.2) is 8.42 Å². The number of anilines is 2. The maximum Gasteiger partial charge on any atom is 0.271 e. The Hall–Kier alpha value is -3.14. The first-order valence-electron chi connectivity index (χ1n) is 8.37. The topological polar surface area (TPSA) is 119 Å². The molecule has 9 nitrogen and oxygen atoms in total. The Balaban J connectivity index is 2.08. The molecule has 1 amide bonds. The lowest BCUT2D eigenvalue weighted by Gasteiger charge is -2.19. The minimum atomic E-state index is -3.37. The number of ether oxygens (including phenoxy) is 1. The highest BCUT2D eigenvalue weighted by molar-refractivity contribution is 7.92. The van der Waals surface area contributed by atoms with Crippen LogP contribution in [-0.2, 0) is 14.8 Å². The number of benzene rings is 2. The van der Waals surface area contributed by atoms with Gasteiger partial charge >= 0.3 is 0 Å². The summed E-state index contributed by atoms with van der Waals surface area (Å²) in [5.41, 5.74) is 0.632. The second-order valence-electron chi connectivity index (χ2n) is 6.04.